The Morgan fingerprint density at radius 2 is 1.84 bits per heavy atom. The molecule has 1 N–H and O–H groups in total. The Labute approximate surface area is 146 Å². The molecule has 0 atom stereocenters. The first-order valence-corrected chi connectivity index (χ1v) is 7.77. The van der Waals surface area contributed by atoms with E-state index in [-0.39, 0.29) is 5.91 Å². The zero-order valence-electron chi connectivity index (χ0n) is 14.3. The summed E-state index contributed by atoms with van der Waals surface area (Å²) in [4.78, 5) is 12.7. The van der Waals surface area contributed by atoms with Crippen LogP contribution in [0.1, 0.15) is 16.1 Å². The van der Waals surface area contributed by atoms with Crippen molar-refractivity contribution in [3.63, 3.8) is 0 Å². The molecular weight excluding hydrogens is 318 g/mol. The van der Waals surface area contributed by atoms with E-state index in [1.54, 1.807) is 43.3 Å². The van der Waals surface area contributed by atoms with Gasteiger partial charge in [-0.1, -0.05) is 18.2 Å². The van der Waals surface area contributed by atoms with Gasteiger partial charge in [0.1, 0.15) is 11.5 Å². The largest absolute Gasteiger partial charge is 0.497 e. The van der Waals surface area contributed by atoms with E-state index in [0.29, 0.717) is 22.7 Å². The lowest BCUT2D eigenvalue weighted by atomic mass is 10.2. The Kier molecular flexibility index (Phi) is 4.70. The van der Waals surface area contributed by atoms with E-state index >= 15 is 0 Å². The van der Waals surface area contributed by atoms with E-state index in [9.17, 15) is 4.79 Å². The van der Waals surface area contributed by atoms with Crippen molar-refractivity contribution in [3.05, 3.63) is 66.0 Å². The first-order valence-electron chi connectivity index (χ1n) is 7.77. The summed E-state index contributed by atoms with van der Waals surface area (Å²) in [5, 5.41) is 7.19. The monoisotopic (exact) mass is 337 g/mol. The quantitative estimate of drug-likeness (QED) is 0.774. The van der Waals surface area contributed by atoms with Crippen molar-refractivity contribution < 1.29 is 14.3 Å². The van der Waals surface area contributed by atoms with Crippen LogP contribution in [0.5, 0.6) is 11.5 Å². The normalized spacial score (nSPS) is 10.4. The van der Waals surface area contributed by atoms with Crippen LogP contribution in [0.3, 0.4) is 0 Å². The highest BCUT2D eigenvalue weighted by atomic mass is 16.5. The maximum absolute atomic E-state index is 12.7. The molecule has 1 aromatic heterocycles. The first-order chi connectivity index (χ1) is 12.1. The maximum Gasteiger partial charge on any atom is 0.259 e. The second-order valence-electron chi connectivity index (χ2n) is 5.41. The van der Waals surface area contributed by atoms with E-state index in [0.717, 1.165) is 11.4 Å². The standard InChI is InChI=1S/C19H19N3O3/c1-13-16(12-20-22(13)14-7-5-4-6-8-14)19(23)21-17-11-15(24-2)9-10-18(17)25-3/h4-12H,1-3H3,(H,21,23). The number of aromatic nitrogens is 2. The van der Waals surface area contributed by atoms with Gasteiger partial charge in [-0.3, -0.25) is 4.79 Å². The number of methoxy groups -OCH3 is 2. The third kappa shape index (κ3) is 3.33. The summed E-state index contributed by atoms with van der Waals surface area (Å²) in [5.41, 5.74) is 2.69. The molecule has 3 rings (SSSR count). The van der Waals surface area contributed by atoms with Crippen molar-refractivity contribution in [3.8, 4) is 17.2 Å². The second kappa shape index (κ2) is 7.09. The molecule has 0 bridgehead atoms. The molecule has 0 saturated heterocycles. The van der Waals surface area contributed by atoms with Gasteiger partial charge in [0.15, 0.2) is 0 Å². The Morgan fingerprint density at radius 3 is 2.52 bits per heavy atom. The highest BCUT2D eigenvalue weighted by molar-refractivity contribution is 6.05. The fourth-order valence-corrected chi connectivity index (χ4v) is 2.56. The summed E-state index contributed by atoms with van der Waals surface area (Å²) in [6.45, 7) is 1.86. The molecule has 0 aliphatic carbocycles. The van der Waals surface area contributed by atoms with Crippen molar-refractivity contribution in [2.24, 2.45) is 0 Å². The van der Waals surface area contributed by atoms with Gasteiger partial charge in [0.2, 0.25) is 0 Å². The molecule has 128 valence electrons. The topological polar surface area (TPSA) is 65.4 Å². The van der Waals surface area contributed by atoms with Gasteiger partial charge in [0, 0.05) is 6.07 Å². The van der Waals surface area contributed by atoms with Crippen LogP contribution in [-0.4, -0.2) is 29.9 Å². The zero-order chi connectivity index (χ0) is 17.8. The van der Waals surface area contributed by atoms with Gasteiger partial charge in [0.05, 0.1) is 43.0 Å². The molecule has 3 aromatic rings. The number of para-hydroxylation sites is 1. The van der Waals surface area contributed by atoms with Crippen LogP contribution in [0, 0.1) is 6.92 Å². The molecule has 0 spiro atoms. The number of carbonyl (C=O) groups is 1. The number of amides is 1. The minimum absolute atomic E-state index is 0.258. The average molecular weight is 337 g/mol. The fourth-order valence-electron chi connectivity index (χ4n) is 2.56. The summed E-state index contributed by atoms with van der Waals surface area (Å²) in [7, 11) is 3.12. The number of carbonyl (C=O) groups excluding carboxylic acids is 1. The number of ether oxygens (including phenoxy) is 2. The predicted molar refractivity (Wildman–Crippen MR) is 95.8 cm³/mol. The van der Waals surface area contributed by atoms with Crippen LogP contribution >= 0.6 is 0 Å². The van der Waals surface area contributed by atoms with Crippen LogP contribution in [0.4, 0.5) is 5.69 Å². The highest BCUT2D eigenvalue weighted by Gasteiger charge is 2.17. The molecule has 1 heterocycles. The number of nitrogens with one attached hydrogen (secondary N) is 1. The fraction of sp³-hybridized carbons (Fsp3) is 0.158. The van der Waals surface area contributed by atoms with Crippen molar-refractivity contribution >= 4 is 11.6 Å². The van der Waals surface area contributed by atoms with Gasteiger partial charge >= 0.3 is 0 Å². The summed E-state index contributed by atoms with van der Waals surface area (Å²) in [6, 6.07) is 14.9. The lowest BCUT2D eigenvalue weighted by Crippen LogP contribution is -2.14. The van der Waals surface area contributed by atoms with Crippen LogP contribution in [0.25, 0.3) is 5.69 Å². The molecule has 0 saturated carbocycles. The third-order valence-electron chi connectivity index (χ3n) is 3.91. The summed E-state index contributed by atoms with van der Waals surface area (Å²) < 4.78 is 12.2. The molecule has 25 heavy (non-hydrogen) atoms. The number of hydrogen-bond acceptors (Lipinski definition) is 4. The highest BCUT2D eigenvalue weighted by Crippen LogP contribution is 2.29. The van der Waals surface area contributed by atoms with Crippen molar-refractivity contribution in [2.45, 2.75) is 6.92 Å². The van der Waals surface area contributed by atoms with Gasteiger partial charge in [-0.05, 0) is 31.2 Å². The zero-order valence-corrected chi connectivity index (χ0v) is 14.3. The Bertz CT molecular complexity index is 888. The van der Waals surface area contributed by atoms with Crippen LogP contribution in [0.15, 0.2) is 54.7 Å². The first kappa shape index (κ1) is 16.6. The van der Waals surface area contributed by atoms with Gasteiger partial charge in [-0.2, -0.15) is 5.10 Å². The number of rotatable bonds is 5. The SMILES string of the molecule is COc1ccc(OC)c(NC(=O)c2cnn(-c3ccccc3)c2C)c1. The van der Waals surface area contributed by atoms with Gasteiger partial charge < -0.3 is 14.8 Å². The lowest BCUT2D eigenvalue weighted by Gasteiger charge is -2.11. The van der Waals surface area contributed by atoms with Crippen LogP contribution < -0.4 is 14.8 Å². The number of nitrogens with zero attached hydrogens (tertiary/aromatic N) is 2. The Balaban J connectivity index is 1.89. The number of hydrogen-bond donors (Lipinski definition) is 1. The van der Waals surface area contributed by atoms with Crippen molar-refractivity contribution in [1.82, 2.24) is 9.78 Å². The Morgan fingerprint density at radius 1 is 1.08 bits per heavy atom. The second-order valence-corrected chi connectivity index (χ2v) is 5.41. The van der Waals surface area contributed by atoms with Gasteiger partial charge in [-0.15, -0.1) is 0 Å². The molecule has 0 unspecified atom stereocenters. The average Bonchev–Trinajstić information content (AvgIpc) is 3.04. The van der Waals surface area contributed by atoms with Crippen molar-refractivity contribution in [2.75, 3.05) is 19.5 Å². The predicted octanol–water partition coefficient (Wildman–Crippen LogP) is 3.45. The van der Waals surface area contributed by atoms with Gasteiger partial charge in [0.25, 0.3) is 5.91 Å². The molecule has 2 aromatic carbocycles. The van der Waals surface area contributed by atoms with Crippen molar-refractivity contribution in [1.29, 1.82) is 0 Å². The van der Waals surface area contributed by atoms with E-state index in [4.69, 9.17) is 9.47 Å². The molecule has 6 nitrogen and oxygen atoms in total. The maximum atomic E-state index is 12.7. The molecule has 6 heteroatoms. The smallest absolute Gasteiger partial charge is 0.259 e. The van der Waals surface area contributed by atoms with Crippen LogP contribution in [0.2, 0.25) is 0 Å². The molecular formula is C19H19N3O3. The third-order valence-corrected chi connectivity index (χ3v) is 3.91. The lowest BCUT2D eigenvalue weighted by molar-refractivity contribution is 0.102. The molecule has 1 amide bonds. The van der Waals surface area contributed by atoms with E-state index in [2.05, 4.69) is 10.4 Å². The molecule has 0 aliphatic rings. The Hall–Kier alpha value is -3.28. The summed E-state index contributed by atoms with van der Waals surface area (Å²) in [5.74, 6) is 0.932. The number of benzene rings is 2. The van der Waals surface area contributed by atoms with E-state index in [1.165, 1.54) is 0 Å². The number of anilines is 1. The van der Waals surface area contributed by atoms with E-state index in [1.807, 2.05) is 37.3 Å². The summed E-state index contributed by atoms with van der Waals surface area (Å²) in [6.07, 6.45) is 1.56. The minimum atomic E-state index is -0.258. The molecule has 0 radical (unpaired) electrons. The van der Waals surface area contributed by atoms with E-state index < -0.39 is 0 Å². The molecule has 0 aliphatic heterocycles. The van der Waals surface area contributed by atoms with Crippen LogP contribution in [-0.2, 0) is 0 Å². The van der Waals surface area contributed by atoms with Gasteiger partial charge in [-0.25, -0.2) is 4.68 Å². The summed E-state index contributed by atoms with van der Waals surface area (Å²) >= 11 is 0. The molecule has 0 fully saturated rings. The minimum Gasteiger partial charge on any atom is -0.497 e.